The zero-order valence-electron chi connectivity index (χ0n) is 25.9. The van der Waals surface area contributed by atoms with E-state index in [-0.39, 0.29) is 5.91 Å². The van der Waals surface area contributed by atoms with Crippen LogP contribution in [0.1, 0.15) is 44.1 Å². The summed E-state index contributed by atoms with van der Waals surface area (Å²) in [7, 11) is -1.23. The average molecular weight is 616 g/mol. The molecule has 0 saturated heterocycles. The molecule has 0 aliphatic rings. The monoisotopic (exact) mass is 615 g/mol. The number of aryl methyl sites for hydroxylation is 2. The maximum atomic E-state index is 13.0. The summed E-state index contributed by atoms with van der Waals surface area (Å²) in [6, 6.07) is 20.9. The van der Waals surface area contributed by atoms with E-state index in [1.54, 1.807) is 36.7 Å². The first-order chi connectivity index (χ1) is 21.4. The number of imidazole rings is 1. The molecule has 232 valence electrons. The van der Waals surface area contributed by atoms with Gasteiger partial charge in [-0.25, -0.2) is 4.98 Å². The molecule has 1 heterocycles. The number of nitrogens with one attached hydrogen (secondary N) is 1. The summed E-state index contributed by atoms with van der Waals surface area (Å²) in [5, 5.41) is 2.88. The minimum Gasteiger partial charge on any atom is -0.493 e. The number of benzene rings is 3. The summed E-state index contributed by atoms with van der Waals surface area (Å²) >= 11 is 0. The van der Waals surface area contributed by atoms with Gasteiger partial charge in [-0.3, -0.25) is 9.00 Å². The van der Waals surface area contributed by atoms with Crippen molar-refractivity contribution < 1.29 is 23.2 Å². The summed E-state index contributed by atoms with van der Waals surface area (Å²) in [5.74, 6) is 1.59. The van der Waals surface area contributed by atoms with Gasteiger partial charge in [0.2, 0.25) is 5.91 Å². The molecule has 0 fully saturated rings. The Morgan fingerprint density at radius 2 is 1.68 bits per heavy atom. The number of amides is 1. The van der Waals surface area contributed by atoms with Gasteiger partial charge in [-0.2, -0.15) is 0 Å². The quantitative estimate of drug-likeness (QED) is 0.107. The van der Waals surface area contributed by atoms with Gasteiger partial charge in [0, 0.05) is 35.4 Å². The van der Waals surface area contributed by atoms with Gasteiger partial charge in [0.15, 0.2) is 0 Å². The second-order valence-electron chi connectivity index (χ2n) is 10.1. The number of rotatable bonds is 16. The average Bonchev–Trinajstić information content (AvgIpc) is 3.39. The second kappa shape index (κ2) is 16.6. The number of aromatic nitrogens is 2. The van der Waals surface area contributed by atoms with Crippen molar-refractivity contribution in [2.45, 2.75) is 51.3 Å². The van der Waals surface area contributed by atoms with Gasteiger partial charge in [-0.15, -0.1) is 0 Å². The van der Waals surface area contributed by atoms with Gasteiger partial charge in [0.1, 0.15) is 18.1 Å². The number of hydrogen-bond acceptors (Lipinski definition) is 6. The van der Waals surface area contributed by atoms with Gasteiger partial charge < -0.3 is 24.1 Å². The number of carbonyl (C=O) groups is 1. The van der Waals surface area contributed by atoms with E-state index in [0.29, 0.717) is 41.9 Å². The van der Waals surface area contributed by atoms with Gasteiger partial charge in [0.05, 0.1) is 47.5 Å². The van der Waals surface area contributed by atoms with Crippen LogP contribution in [-0.2, 0) is 32.6 Å². The van der Waals surface area contributed by atoms with Crippen LogP contribution in [0.4, 0.5) is 5.69 Å². The van der Waals surface area contributed by atoms with E-state index < -0.39 is 10.8 Å². The normalized spacial score (nSPS) is 11.9. The number of hydrogen-bond donors (Lipinski definition) is 1. The molecule has 0 spiro atoms. The maximum absolute atomic E-state index is 13.0. The van der Waals surface area contributed by atoms with Crippen molar-refractivity contribution in [1.29, 1.82) is 0 Å². The first-order valence-electron chi connectivity index (χ1n) is 15.0. The van der Waals surface area contributed by atoms with Crippen LogP contribution in [0.3, 0.4) is 0 Å². The molecular formula is C35H41N3O5S. The summed E-state index contributed by atoms with van der Waals surface area (Å²) in [6.07, 6.45) is 6.01. The topological polar surface area (TPSA) is 91.7 Å². The van der Waals surface area contributed by atoms with Crippen molar-refractivity contribution in [3.8, 4) is 22.6 Å². The molecule has 4 aromatic rings. The fourth-order valence-electron chi connectivity index (χ4n) is 4.57. The van der Waals surface area contributed by atoms with Crippen LogP contribution in [0.15, 0.2) is 84.0 Å². The Morgan fingerprint density at radius 1 is 0.932 bits per heavy atom. The smallest absolute Gasteiger partial charge is 0.248 e. The van der Waals surface area contributed by atoms with Crippen LogP contribution < -0.4 is 14.8 Å². The third kappa shape index (κ3) is 9.14. The number of ether oxygens (including phenoxy) is 3. The lowest BCUT2D eigenvalue weighted by atomic mass is 10.0. The Balaban J connectivity index is 1.38. The van der Waals surface area contributed by atoms with Crippen LogP contribution in [-0.4, -0.2) is 46.1 Å². The zero-order valence-corrected chi connectivity index (χ0v) is 26.7. The van der Waals surface area contributed by atoms with Crippen LogP contribution in [0, 0.1) is 6.92 Å². The fourth-order valence-corrected chi connectivity index (χ4v) is 5.80. The third-order valence-electron chi connectivity index (χ3n) is 6.90. The lowest BCUT2D eigenvalue weighted by Gasteiger charge is -2.11. The van der Waals surface area contributed by atoms with Crippen molar-refractivity contribution in [2.24, 2.45) is 0 Å². The molecule has 1 N–H and O–H groups in total. The Bertz CT molecular complexity index is 1560. The molecule has 0 bridgehead atoms. The molecule has 0 unspecified atom stereocenters. The predicted octanol–water partition coefficient (Wildman–Crippen LogP) is 7.04. The summed E-state index contributed by atoms with van der Waals surface area (Å²) in [6.45, 7) is 11.1. The van der Waals surface area contributed by atoms with Crippen molar-refractivity contribution in [1.82, 2.24) is 9.55 Å². The number of nitrogens with zero attached hydrogens (tertiary/aromatic N) is 2. The lowest BCUT2D eigenvalue weighted by molar-refractivity contribution is -0.111. The van der Waals surface area contributed by atoms with Crippen molar-refractivity contribution in [3.05, 3.63) is 96.1 Å². The van der Waals surface area contributed by atoms with Crippen LogP contribution >= 0.6 is 0 Å². The SMILES string of the molecule is CCCOCCOc1ccc(-c2ccc(OCC)c(/C=C/C(=O)Nc3ccc([S@@](=O)Cc4c(C)ncn4CC)cc3)c2)cc1. The first kappa shape index (κ1) is 32.7. The molecule has 9 heteroatoms. The largest absolute Gasteiger partial charge is 0.493 e. The molecule has 0 radical (unpaired) electrons. The van der Waals surface area contributed by atoms with E-state index in [1.807, 2.05) is 67.8 Å². The third-order valence-corrected chi connectivity index (χ3v) is 8.24. The highest BCUT2D eigenvalue weighted by atomic mass is 32.2. The van der Waals surface area contributed by atoms with E-state index in [1.165, 1.54) is 6.08 Å². The molecule has 8 nitrogen and oxygen atoms in total. The Labute approximate surface area is 262 Å². The van der Waals surface area contributed by atoms with Crippen LogP contribution in [0.5, 0.6) is 11.5 Å². The van der Waals surface area contributed by atoms with Gasteiger partial charge in [-0.05, 0) is 92.9 Å². The molecule has 0 aliphatic carbocycles. The van der Waals surface area contributed by atoms with Crippen LogP contribution in [0.25, 0.3) is 17.2 Å². The second-order valence-corrected chi connectivity index (χ2v) is 11.5. The van der Waals surface area contributed by atoms with Gasteiger partial charge >= 0.3 is 0 Å². The summed E-state index contributed by atoms with van der Waals surface area (Å²) < 4.78 is 32.0. The molecule has 1 aromatic heterocycles. The predicted molar refractivity (Wildman–Crippen MR) is 177 cm³/mol. The first-order valence-corrected chi connectivity index (χ1v) is 16.3. The lowest BCUT2D eigenvalue weighted by Crippen LogP contribution is -2.08. The molecule has 0 saturated carbocycles. The standard InChI is InChI=1S/C35H41N3O5S/c1-5-20-41-21-22-43-31-14-8-27(9-15-31)28-10-18-34(42-7-3)29(23-28)11-19-35(39)37-30-12-16-32(17-13-30)44(40)24-33-26(4)36-25-38(33)6-2/h8-19,23,25H,5-7,20-22,24H2,1-4H3,(H,37,39)/b19-11+/t44-/m0/s1. The minimum atomic E-state index is -1.23. The molecule has 4 rings (SSSR count). The number of anilines is 1. The maximum Gasteiger partial charge on any atom is 0.248 e. The van der Waals surface area contributed by atoms with E-state index in [0.717, 1.165) is 53.4 Å². The van der Waals surface area contributed by atoms with Gasteiger partial charge in [0.25, 0.3) is 0 Å². The highest BCUT2D eigenvalue weighted by Crippen LogP contribution is 2.29. The molecule has 1 atom stereocenters. The molecule has 3 aromatic carbocycles. The fraction of sp³-hybridized carbons (Fsp3) is 0.314. The molecule has 1 amide bonds. The van der Waals surface area contributed by atoms with Crippen LogP contribution in [0.2, 0.25) is 0 Å². The number of carbonyl (C=O) groups excluding carboxylic acids is 1. The summed E-state index contributed by atoms with van der Waals surface area (Å²) in [5.41, 5.74) is 5.29. The highest BCUT2D eigenvalue weighted by Gasteiger charge is 2.13. The van der Waals surface area contributed by atoms with E-state index >= 15 is 0 Å². The van der Waals surface area contributed by atoms with Crippen molar-refractivity contribution in [3.63, 3.8) is 0 Å². The zero-order chi connectivity index (χ0) is 31.3. The molecular weight excluding hydrogens is 574 g/mol. The van der Waals surface area contributed by atoms with E-state index in [9.17, 15) is 9.00 Å². The van der Waals surface area contributed by atoms with E-state index in [2.05, 4.69) is 17.2 Å². The minimum absolute atomic E-state index is 0.279. The van der Waals surface area contributed by atoms with Crippen molar-refractivity contribution >= 4 is 28.5 Å². The van der Waals surface area contributed by atoms with Gasteiger partial charge in [-0.1, -0.05) is 25.1 Å². The molecule has 0 aliphatic heterocycles. The Hall–Kier alpha value is -4.21. The highest BCUT2D eigenvalue weighted by molar-refractivity contribution is 7.84. The van der Waals surface area contributed by atoms with Crippen molar-refractivity contribution in [2.75, 3.05) is 31.7 Å². The Morgan fingerprint density at radius 3 is 2.39 bits per heavy atom. The summed E-state index contributed by atoms with van der Waals surface area (Å²) in [4.78, 5) is 17.8. The molecule has 44 heavy (non-hydrogen) atoms. The Kier molecular flexibility index (Phi) is 12.3. The van der Waals surface area contributed by atoms with E-state index in [4.69, 9.17) is 14.2 Å².